The van der Waals surface area contributed by atoms with E-state index in [9.17, 15) is 14.4 Å². The Morgan fingerprint density at radius 1 is 1.20 bits per heavy atom. The molecule has 0 aliphatic carbocycles. The van der Waals surface area contributed by atoms with E-state index in [1.807, 2.05) is 0 Å². The minimum Gasteiger partial charge on any atom is -0.325 e. The van der Waals surface area contributed by atoms with Gasteiger partial charge in [0.2, 0.25) is 5.91 Å². The Bertz CT molecular complexity index is 561. The van der Waals surface area contributed by atoms with Gasteiger partial charge in [-0.1, -0.05) is 23.2 Å². The number of hydrogen-bond donors (Lipinski definition) is 3. The summed E-state index contributed by atoms with van der Waals surface area (Å²) in [6.07, 6.45) is 0.166. The van der Waals surface area contributed by atoms with Gasteiger partial charge in [0.1, 0.15) is 5.92 Å². The van der Waals surface area contributed by atoms with Gasteiger partial charge in [-0.05, 0) is 24.6 Å². The second kappa shape index (κ2) is 6.11. The first-order chi connectivity index (χ1) is 9.47. The van der Waals surface area contributed by atoms with Crippen LogP contribution in [0.2, 0.25) is 10.0 Å². The highest BCUT2D eigenvalue weighted by atomic mass is 35.5. The lowest BCUT2D eigenvalue weighted by atomic mass is 10.0. The number of anilines is 1. The molecule has 106 valence electrons. The lowest BCUT2D eigenvalue weighted by Gasteiger charge is -2.08. The summed E-state index contributed by atoms with van der Waals surface area (Å²) in [5, 5.41) is 3.38. The molecule has 0 bridgehead atoms. The highest BCUT2D eigenvalue weighted by molar-refractivity contribution is 6.36. The fraction of sp³-hybridized carbons (Fsp3) is 0.250. The number of amides is 3. The van der Waals surface area contributed by atoms with Gasteiger partial charge in [-0.15, -0.1) is 0 Å². The average Bonchev–Trinajstić information content (AvgIpc) is 2.70. The summed E-state index contributed by atoms with van der Waals surface area (Å²) >= 11 is 11.7. The van der Waals surface area contributed by atoms with E-state index in [1.54, 1.807) is 12.1 Å². The van der Waals surface area contributed by atoms with E-state index in [4.69, 9.17) is 23.2 Å². The van der Waals surface area contributed by atoms with Crippen molar-refractivity contribution in [1.82, 2.24) is 10.9 Å². The Morgan fingerprint density at radius 2 is 1.85 bits per heavy atom. The van der Waals surface area contributed by atoms with Crippen LogP contribution in [-0.4, -0.2) is 17.7 Å². The standard InChI is InChI=1S/C12H11Cl2N3O3/c13-6-1-3-9(8(14)5-6)15-10(18)4-2-7-11(19)16-17-12(7)20/h1,3,5,7H,2,4H2,(H,15,18)(H,16,19)(H,17,20). The van der Waals surface area contributed by atoms with Crippen molar-refractivity contribution in [3.05, 3.63) is 28.2 Å². The molecular formula is C12H11Cl2N3O3. The number of carbonyl (C=O) groups excluding carboxylic acids is 3. The molecule has 0 atom stereocenters. The van der Waals surface area contributed by atoms with Crippen LogP contribution in [0, 0.1) is 5.92 Å². The maximum absolute atomic E-state index is 11.8. The van der Waals surface area contributed by atoms with Crippen LogP contribution in [-0.2, 0) is 14.4 Å². The molecular weight excluding hydrogens is 305 g/mol. The van der Waals surface area contributed by atoms with Crippen LogP contribution in [0.1, 0.15) is 12.8 Å². The van der Waals surface area contributed by atoms with Gasteiger partial charge >= 0.3 is 0 Å². The number of halogens is 2. The first-order valence-electron chi connectivity index (χ1n) is 5.82. The number of hydrogen-bond acceptors (Lipinski definition) is 3. The molecule has 1 aliphatic heterocycles. The Kier molecular flexibility index (Phi) is 4.46. The smallest absolute Gasteiger partial charge is 0.251 e. The third-order valence-electron chi connectivity index (χ3n) is 2.81. The molecule has 1 saturated heterocycles. The van der Waals surface area contributed by atoms with Crippen molar-refractivity contribution in [2.45, 2.75) is 12.8 Å². The first-order valence-corrected chi connectivity index (χ1v) is 6.57. The number of nitrogens with one attached hydrogen (secondary N) is 3. The van der Waals surface area contributed by atoms with Crippen molar-refractivity contribution in [2.75, 3.05) is 5.32 Å². The molecule has 0 unspecified atom stereocenters. The molecule has 0 radical (unpaired) electrons. The normalized spacial score (nSPS) is 14.9. The van der Waals surface area contributed by atoms with E-state index in [2.05, 4.69) is 16.2 Å². The topological polar surface area (TPSA) is 87.3 Å². The summed E-state index contributed by atoms with van der Waals surface area (Å²) in [5.74, 6) is -2.01. The molecule has 0 saturated carbocycles. The van der Waals surface area contributed by atoms with Crippen molar-refractivity contribution in [3.8, 4) is 0 Å². The molecule has 1 aromatic rings. The monoisotopic (exact) mass is 315 g/mol. The van der Waals surface area contributed by atoms with Gasteiger partial charge in [0.05, 0.1) is 10.7 Å². The highest BCUT2D eigenvalue weighted by Gasteiger charge is 2.32. The fourth-order valence-electron chi connectivity index (χ4n) is 1.76. The highest BCUT2D eigenvalue weighted by Crippen LogP contribution is 2.25. The van der Waals surface area contributed by atoms with Crippen LogP contribution in [0.5, 0.6) is 0 Å². The predicted molar refractivity (Wildman–Crippen MR) is 74.1 cm³/mol. The van der Waals surface area contributed by atoms with Gasteiger partial charge in [-0.25, -0.2) is 0 Å². The van der Waals surface area contributed by atoms with Gasteiger partial charge in [-0.3, -0.25) is 25.2 Å². The minimum atomic E-state index is -0.832. The van der Waals surface area contributed by atoms with Crippen LogP contribution in [0.25, 0.3) is 0 Å². The van der Waals surface area contributed by atoms with Crippen LogP contribution >= 0.6 is 23.2 Å². The summed E-state index contributed by atoms with van der Waals surface area (Å²) < 4.78 is 0. The van der Waals surface area contributed by atoms with Crippen molar-refractivity contribution < 1.29 is 14.4 Å². The molecule has 6 nitrogen and oxygen atoms in total. The molecule has 0 aromatic heterocycles. The SMILES string of the molecule is O=C(CCC1C(=O)NNC1=O)Nc1ccc(Cl)cc1Cl. The number of carbonyl (C=O) groups is 3. The molecule has 1 aromatic carbocycles. The van der Waals surface area contributed by atoms with E-state index in [-0.39, 0.29) is 18.7 Å². The number of rotatable bonds is 4. The maximum Gasteiger partial charge on any atom is 0.251 e. The number of benzene rings is 1. The molecule has 2 rings (SSSR count). The largest absolute Gasteiger partial charge is 0.325 e. The lowest BCUT2D eigenvalue weighted by molar-refractivity contribution is -0.128. The Balaban J connectivity index is 1.89. The maximum atomic E-state index is 11.8. The Hall–Kier alpha value is -1.79. The predicted octanol–water partition coefficient (Wildman–Crippen LogP) is 1.49. The van der Waals surface area contributed by atoms with Gasteiger partial charge in [0.15, 0.2) is 0 Å². The van der Waals surface area contributed by atoms with Gasteiger partial charge in [0.25, 0.3) is 11.8 Å². The summed E-state index contributed by atoms with van der Waals surface area (Å²) in [6.45, 7) is 0. The third-order valence-corrected chi connectivity index (χ3v) is 3.35. The zero-order valence-corrected chi connectivity index (χ0v) is 11.7. The van der Waals surface area contributed by atoms with Gasteiger partial charge in [0, 0.05) is 11.4 Å². The minimum absolute atomic E-state index is 0.0322. The third kappa shape index (κ3) is 3.40. The molecule has 3 amide bonds. The molecule has 1 heterocycles. The van der Waals surface area contributed by atoms with E-state index < -0.39 is 17.7 Å². The summed E-state index contributed by atoms with van der Waals surface area (Å²) in [7, 11) is 0. The summed E-state index contributed by atoms with van der Waals surface area (Å²) in [6, 6.07) is 4.69. The van der Waals surface area contributed by atoms with E-state index >= 15 is 0 Å². The van der Waals surface area contributed by atoms with Crippen LogP contribution in [0.4, 0.5) is 5.69 Å². The van der Waals surface area contributed by atoms with Crippen molar-refractivity contribution in [2.24, 2.45) is 5.92 Å². The summed E-state index contributed by atoms with van der Waals surface area (Å²) in [4.78, 5) is 34.3. The lowest BCUT2D eigenvalue weighted by Crippen LogP contribution is -2.28. The van der Waals surface area contributed by atoms with Crippen LogP contribution in [0.3, 0.4) is 0 Å². The zero-order valence-electron chi connectivity index (χ0n) is 10.2. The molecule has 3 N–H and O–H groups in total. The fourth-order valence-corrected chi connectivity index (χ4v) is 2.21. The Morgan fingerprint density at radius 3 is 2.45 bits per heavy atom. The van der Waals surface area contributed by atoms with E-state index in [1.165, 1.54) is 6.07 Å². The van der Waals surface area contributed by atoms with Crippen molar-refractivity contribution in [1.29, 1.82) is 0 Å². The van der Waals surface area contributed by atoms with E-state index in [0.29, 0.717) is 15.7 Å². The van der Waals surface area contributed by atoms with E-state index in [0.717, 1.165) is 0 Å². The van der Waals surface area contributed by atoms with Crippen LogP contribution in [0.15, 0.2) is 18.2 Å². The first kappa shape index (κ1) is 14.6. The quantitative estimate of drug-likeness (QED) is 0.736. The second-order valence-electron chi connectivity index (χ2n) is 4.24. The second-order valence-corrected chi connectivity index (χ2v) is 5.09. The summed E-state index contributed by atoms with van der Waals surface area (Å²) in [5.41, 5.74) is 4.84. The Labute approximate surface area is 124 Å². The average molecular weight is 316 g/mol. The van der Waals surface area contributed by atoms with Crippen molar-refractivity contribution >= 4 is 46.6 Å². The number of hydrazine groups is 1. The molecule has 0 spiro atoms. The van der Waals surface area contributed by atoms with Gasteiger partial charge in [-0.2, -0.15) is 0 Å². The van der Waals surface area contributed by atoms with Crippen molar-refractivity contribution in [3.63, 3.8) is 0 Å². The molecule has 20 heavy (non-hydrogen) atoms. The molecule has 1 fully saturated rings. The van der Waals surface area contributed by atoms with Gasteiger partial charge < -0.3 is 5.32 Å². The zero-order chi connectivity index (χ0) is 14.7. The molecule has 1 aliphatic rings. The van der Waals surface area contributed by atoms with Crippen LogP contribution < -0.4 is 16.2 Å². The molecule has 8 heteroatoms.